The van der Waals surface area contributed by atoms with Crippen molar-refractivity contribution in [2.75, 3.05) is 6.54 Å². The minimum absolute atomic E-state index is 0.131. The average Bonchev–Trinajstić information content (AvgIpc) is 3.26. The predicted octanol–water partition coefficient (Wildman–Crippen LogP) is 4.12. The van der Waals surface area contributed by atoms with Crippen molar-refractivity contribution in [1.29, 1.82) is 0 Å². The topological polar surface area (TPSA) is 89.8 Å². The van der Waals surface area contributed by atoms with Gasteiger partial charge in [0.05, 0.1) is 16.6 Å². The van der Waals surface area contributed by atoms with Crippen LogP contribution in [0.1, 0.15) is 35.4 Å². The summed E-state index contributed by atoms with van der Waals surface area (Å²) in [7, 11) is 0. The van der Waals surface area contributed by atoms with Crippen LogP contribution in [0.5, 0.6) is 0 Å². The number of amides is 1. The molecule has 0 aliphatic heterocycles. The van der Waals surface area contributed by atoms with Crippen LogP contribution in [-0.2, 0) is 6.42 Å². The minimum Gasteiger partial charge on any atom is -0.350 e. The fraction of sp³-hybridized carbons (Fsp3) is 0.208. The molecule has 0 aliphatic carbocycles. The van der Waals surface area contributed by atoms with Crippen LogP contribution in [0.3, 0.4) is 0 Å². The van der Waals surface area contributed by atoms with E-state index in [0.717, 1.165) is 5.69 Å². The summed E-state index contributed by atoms with van der Waals surface area (Å²) in [6.07, 6.45) is 2.30. The first-order chi connectivity index (χ1) is 15.9. The quantitative estimate of drug-likeness (QED) is 0.445. The third kappa shape index (κ3) is 5.20. The number of hydrogen-bond acceptors (Lipinski definition) is 6. The molecule has 1 amide bonds. The number of carbonyl (C=O) groups excluding carboxylic acids is 1. The molecular weight excluding hydrogens is 441 g/mol. The molecule has 0 bridgehead atoms. The number of hydrogen-bond donors (Lipinski definition) is 1. The highest BCUT2D eigenvalue weighted by Gasteiger charge is 2.21. The maximum atomic E-state index is 13.5. The van der Waals surface area contributed by atoms with E-state index in [9.17, 15) is 14.0 Å². The maximum absolute atomic E-state index is 13.5. The molecule has 0 saturated carbocycles. The van der Waals surface area contributed by atoms with Gasteiger partial charge in [-0.25, -0.2) is 14.1 Å². The second kappa shape index (κ2) is 9.83. The zero-order chi connectivity index (χ0) is 23.4. The molecule has 0 unspecified atom stereocenters. The van der Waals surface area contributed by atoms with Crippen LogP contribution in [0.15, 0.2) is 65.6 Å². The lowest BCUT2D eigenvalue weighted by molar-refractivity contribution is 0.0953. The summed E-state index contributed by atoms with van der Waals surface area (Å²) >= 11 is 1.18. The fourth-order valence-electron chi connectivity index (χ4n) is 3.24. The van der Waals surface area contributed by atoms with Gasteiger partial charge in [0.15, 0.2) is 5.01 Å². The summed E-state index contributed by atoms with van der Waals surface area (Å²) in [5, 5.41) is 7.61. The van der Waals surface area contributed by atoms with Crippen molar-refractivity contribution >= 4 is 17.2 Å². The first kappa shape index (κ1) is 22.5. The Bertz CT molecular complexity index is 1320. The zero-order valence-corrected chi connectivity index (χ0v) is 19.0. The lowest BCUT2D eigenvalue weighted by Crippen LogP contribution is -2.25. The van der Waals surface area contributed by atoms with Gasteiger partial charge >= 0.3 is 0 Å². The molecule has 0 aliphatic rings. The molecule has 4 rings (SSSR count). The van der Waals surface area contributed by atoms with E-state index in [2.05, 4.69) is 20.4 Å². The zero-order valence-electron chi connectivity index (χ0n) is 18.2. The van der Waals surface area contributed by atoms with E-state index in [1.54, 1.807) is 24.4 Å². The highest BCUT2D eigenvalue weighted by molar-refractivity contribution is 7.17. The average molecular weight is 464 g/mol. The lowest BCUT2D eigenvalue weighted by Gasteiger charge is -2.09. The number of nitrogens with one attached hydrogen (secondary N) is 1. The second-order valence-electron chi connectivity index (χ2n) is 7.63. The van der Waals surface area contributed by atoms with Crippen LogP contribution >= 0.6 is 11.3 Å². The van der Waals surface area contributed by atoms with Gasteiger partial charge in [0, 0.05) is 36.5 Å². The molecular formula is C24H22FN5O2S. The largest absolute Gasteiger partial charge is 0.350 e. The molecule has 1 N–H and O–H groups in total. The Morgan fingerprint density at radius 3 is 2.61 bits per heavy atom. The second-order valence-corrected chi connectivity index (χ2v) is 8.62. The van der Waals surface area contributed by atoms with Gasteiger partial charge in [0.25, 0.3) is 11.5 Å². The first-order valence-electron chi connectivity index (χ1n) is 10.5. The van der Waals surface area contributed by atoms with Gasteiger partial charge in [-0.2, -0.15) is 5.10 Å². The van der Waals surface area contributed by atoms with Gasteiger partial charge in [-0.15, -0.1) is 11.3 Å². The SMILES string of the molecule is CC(C)n1nc(-c2sc(C(=O)NCCc3ccccn3)nc2-c2ccc(F)cc2)ccc1=O. The van der Waals surface area contributed by atoms with E-state index < -0.39 is 0 Å². The number of benzene rings is 1. The van der Waals surface area contributed by atoms with Crippen LogP contribution in [0.2, 0.25) is 0 Å². The Hall–Kier alpha value is -3.72. The predicted molar refractivity (Wildman–Crippen MR) is 126 cm³/mol. The van der Waals surface area contributed by atoms with Crippen molar-refractivity contribution in [2.45, 2.75) is 26.3 Å². The van der Waals surface area contributed by atoms with E-state index in [-0.39, 0.29) is 28.3 Å². The summed E-state index contributed by atoms with van der Waals surface area (Å²) < 4.78 is 14.9. The van der Waals surface area contributed by atoms with Crippen molar-refractivity contribution in [3.63, 3.8) is 0 Å². The first-order valence-corrected chi connectivity index (χ1v) is 11.3. The Morgan fingerprint density at radius 1 is 1.12 bits per heavy atom. The number of aromatic nitrogens is 4. The normalized spacial score (nSPS) is 11.0. The van der Waals surface area contributed by atoms with Gasteiger partial charge < -0.3 is 5.32 Å². The van der Waals surface area contributed by atoms with Crippen LogP contribution in [-0.4, -0.2) is 32.2 Å². The molecule has 168 valence electrons. The molecule has 0 spiro atoms. The van der Waals surface area contributed by atoms with E-state index in [0.29, 0.717) is 34.8 Å². The standard InChI is InChI=1S/C24H22FN5O2S/c1-15(2)30-20(31)11-10-19(29-30)22-21(16-6-8-17(25)9-7-16)28-24(33-22)23(32)27-14-12-18-5-3-4-13-26-18/h3-11,13,15H,12,14H2,1-2H3,(H,27,32). The van der Waals surface area contributed by atoms with E-state index in [4.69, 9.17) is 0 Å². The Kier molecular flexibility index (Phi) is 6.69. The van der Waals surface area contributed by atoms with Gasteiger partial charge in [-0.1, -0.05) is 6.07 Å². The summed E-state index contributed by atoms with van der Waals surface area (Å²) in [6, 6.07) is 14.5. The molecule has 0 radical (unpaired) electrons. The van der Waals surface area contributed by atoms with Crippen molar-refractivity contribution in [3.8, 4) is 21.8 Å². The Balaban J connectivity index is 1.67. The smallest absolute Gasteiger partial charge is 0.280 e. The van der Waals surface area contributed by atoms with Crippen molar-refractivity contribution in [3.05, 3.63) is 87.7 Å². The Morgan fingerprint density at radius 2 is 1.91 bits per heavy atom. The highest BCUT2D eigenvalue weighted by atomic mass is 32.1. The van der Waals surface area contributed by atoms with Gasteiger partial charge in [0.2, 0.25) is 0 Å². The molecule has 0 saturated heterocycles. The number of halogens is 1. The molecule has 0 fully saturated rings. The Labute approximate surface area is 194 Å². The molecule has 1 aromatic carbocycles. The number of carbonyl (C=O) groups is 1. The van der Waals surface area contributed by atoms with E-state index >= 15 is 0 Å². The molecule has 0 atom stereocenters. The number of thiazole rings is 1. The van der Waals surface area contributed by atoms with E-state index in [1.165, 1.54) is 34.2 Å². The fourth-order valence-corrected chi connectivity index (χ4v) is 4.21. The lowest BCUT2D eigenvalue weighted by atomic mass is 10.1. The monoisotopic (exact) mass is 463 g/mol. The highest BCUT2D eigenvalue weighted by Crippen LogP contribution is 2.35. The van der Waals surface area contributed by atoms with Crippen LogP contribution in [0.4, 0.5) is 4.39 Å². The van der Waals surface area contributed by atoms with Crippen LogP contribution in [0.25, 0.3) is 21.8 Å². The van der Waals surface area contributed by atoms with Crippen molar-refractivity contribution in [1.82, 2.24) is 25.1 Å². The molecule has 33 heavy (non-hydrogen) atoms. The molecule has 9 heteroatoms. The number of rotatable bonds is 7. The number of nitrogens with zero attached hydrogens (tertiary/aromatic N) is 4. The summed E-state index contributed by atoms with van der Waals surface area (Å²) in [5.41, 5.74) is 2.35. The molecule has 4 aromatic rings. The molecule has 7 nitrogen and oxygen atoms in total. The summed E-state index contributed by atoms with van der Waals surface area (Å²) in [5.74, 6) is -0.683. The van der Waals surface area contributed by atoms with Crippen molar-refractivity contribution in [2.24, 2.45) is 0 Å². The summed E-state index contributed by atoms with van der Waals surface area (Å²) in [4.78, 5) is 34.4. The van der Waals surface area contributed by atoms with Crippen molar-refractivity contribution < 1.29 is 9.18 Å². The van der Waals surface area contributed by atoms with Gasteiger partial charge in [0.1, 0.15) is 11.5 Å². The minimum atomic E-state index is -0.366. The van der Waals surface area contributed by atoms with Gasteiger partial charge in [-0.05, 0) is 56.3 Å². The third-order valence-corrected chi connectivity index (χ3v) is 5.96. The van der Waals surface area contributed by atoms with Crippen LogP contribution in [0, 0.1) is 5.82 Å². The maximum Gasteiger partial charge on any atom is 0.280 e. The van der Waals surface area contributed by atoms with Crippen LogP contribution < -0.4 is 10.9 Å². The third-order valence-electron chi connectivity index (χ3n) is 4.88. The molecule has 3 heterocycles. The van der Waals surface area contributed by atoms with E-state index in [1.807, 2.05) is 32.0 Å². The molecule has 3 aromatic heterocycles. The number of pyridine rings is 1. The summed E-state index contributed by atoms with van der Waals surface area (Å²) in [6.45, 7) is 4.14. The van der Waals surface area contributed by atoms with Gasteiger partial charge in [-0.3, -0.25) is 14.6 Å².